The molecule has 0 bridgehead atoms. The van der Waals surface area contributed by atoms with Crippen LogP contribution < -0.4 is 5.32 Å². The van der Waals surface area contributed by atoms with Crippen LogP contribution in [-0.2, 0) is 0 Å². The fourth-order valence-corrected chi connectivity index (χ4v) is 1.94. The molecule has 15 heavy (non-hydrogen) atoms. The van der Waals surface area contributed by atoms with E-state index in [2.05, 4.69) is 38.2 Å². The lowest BCUT2D eigenvalue weighted by Crippen LogP contribution is -2.21. The second kappa shape index (κ2) is 5.29. The largest absolute Gasteiger partial charge is 0.396 e. The number of aliphatic hydroxyl groups excluding tert-OH is 1. The van der Waals surface area contributed by atoms with Gasteiger partial charge >= 0.3 is 0 Å². The van der Waals surface area contributed by atoms with E-state index in [4.69, 9.17) is 0 Å². The van der Waals surface area contributed by atoms with E-state index in [1.54, 1.807) is 0 Å². The van der Waals surface area contributed by atoms with Crippen LogP contribution in [0.25, 0.3) is 0 Å². The second-order valence-corrected chi connectivity index (χ2v) is 4.23. The molecule has 1 aromatic rings. The molecule has 84 valence electrons. The van der Waals surface area contributed by atoms with Crippen molar-refractivity contribution in [3.63, 3.8) is 0 Å². The lowest BCUT2D eigenvalue weighted by Gasteiger charge is -2.18. The molecule has 2 heteroatoms. The first-order valence-electron chi connectivity index (χ1n) is 5.43. The number of aryl methyl sites for hydroxylation is 3. The van der Waals surface area contributed by atoms with Crippen LogP contribution in [0.4, 0.5) is 0 Å². The van der Waals surface area contributed by atoms with Crippen molar-refractivity contribution in [1.82, 2.24) is 5.32 Å². The third kappa shape index (κ3) is 2.80. The summed E-state index contributed by atoms with van der Waals surface area (Å²) in [5.41, 5.74) is 5.14. The van der Waals surface area contributed by atoms with E-state index in [1.807, 2.05) is 7.05 Å². The van der Waals surface area contributed by atoms with Crippen molar-refractivity contribution in [3.05, 3.63) is 34.4 Å². The smallest absolute Gasteiger partial charge is 0.0512 e. The minimum absolute atomic E-state index is 0.199. The number of likely N-dealkylation sites (N-methyl/N-ethyl adjacent to an activating group) is 1. The summed E-state index contributed by atoms with van der Waals surface area (Å²) in [5, 5.41) is 12.5. The van der Waals surface area contributed by atoms with Crippen molar-refractivity contribution < 1.29 is 5.11 Å². The Hall–Kier alpha value is -0.860. The minimum atomic E-state index is 0.199. The highest BCUT2D eigenvalue weighted by Crippen LogP contribution is 2.22. The first-order valence-corrected chi connectivity index (χ1v) is 5.43. The lowest BCUT2D eigenvalue weighted by atomic mass is 9.91. The molecule has 0 fully saturated rings. The Balaban J connectivity index is 3.06. The molecule has 1 rings (SSSR count). The number of hydrogen-bond donors (Lipinski definition) is 2. The molecule has 0 aliphatic carbocycles. The highest BCUT2D eigenvalue weighted by atomic mass is 16.3. The molecule has 0 spiro atoms. The molecule has 1 aromatic carbocycles. The zero-order chi connectivity index (χ0) is 11.4. The van der Waals surface area contributed by atoms with Crippen molar-refractivity contribution >= 4 is 0 Å². The summed E-state index contributed by atoms with van der Waals surface area (Å²) in [7, 11) is 1.92. The van der Waals surface area contributed by atoms with E-state index >= 15 is 0 Å². The predicted molar refractivity (Wildman–Crippen MR) is 64.4 cm³/mol. The van der Waals surface area contributed by atoms with Gasteiger partial charge in [0.25, 0.3) is 0 Å². The molecule has 0 saturated carbocycles. The van der Waals surface area contributed by atoms with Crippen molar-refractivity contribution in [3.8, 4) is 0 Å². The lowest BCUT2D eigenvalue weighted by molar-refractivity contribution is 0.263. The van der Waals surface area contributed by atoms with Crippen LogP contribution in [0.5, 0.6) is 0 Å². The maximum Gasteiger partial charge on any atom is 0.0512 e. The summed E-state index contributed by atoms with van der Waals surface area (Å²) in [6.45, 7) is 7.37. The number of aliphatic hydroxyl groups is 1. The average Bonchev–Trinajstić information content (AvgIpc) is 2.20. The fraction of sp³-hybridized carbons (Fsp3) is 0.538. The number of benzene rings is 1. The Morgan fingerprint density at radius 1 is 1.13 bits per heavy atom. The van der Waals surface area contributed by atoms with Gasteiger partial charge in [0.05, 0.1) is 6.61 Å². The summed E-state index contributed by atoms with van der Waals surface area (Å²) in [4.78, 5) is 0. The zero-order valence-electron chi connectivity index (χ0n) is 10.1. The molecule has 2 nitrogen and oxygen atoms in total. The van der Waals surface area contributed by atoms with Crippen LogP contribution in [-0.4, -0.2) is 25.3 Å². The summed E-state index contributed by atoms with van der Waals surface area (Å²) in [6.07, 6.45) is 0. The molecule has 0 saturated heterocycles. The molecule has 1 atom stereocenters. The highest BCUT2D eigenvalue weighted by Gasteiger charge is 2.12. The topological polar surface area (TPSA) is 32.3 Å². The van der Waals surface area contributed by atoms with Crippen molar-refractivity contribution in [1.29, 1.82) is 0 Å². The molecule has 2 N–H and O–H groups in total. The highest BCUT2D eigenvalue weighted by molar-refractivity contribution is 5.38. The van der Waals surface area contributed by atoms with Crippen LogP contribution in [0.1, 0.15) is 28.2 Å². The minimum Gasteiger partial charge on any atom is -0.396 e. The third-order valence-electron chi connectivity index (χ3n) is 2.99. The number of nitrogens with one attached hydrogen (secondary N) is 1. The van der Waals surface area contributed by atoms with Crippen LogP contribution in [0.15, 0.2) is 12.1 Å². The maximum absolute atomic E-state index is 9.36. The molecule has 1 unspecified atom stereocenters. The van der Waals surface area contributed by atoms with Crippen LogP contribution in [0, 0.1) is 20.8 Å². The molecule has 0 aliphatic rings. The van der Waals surface area contributed by atoms with E-state index < -0.39 is 0 Å². The van der Waals surface area contributed by atoms with Crippen molar-refractivity contribution in [2.45, 2.75) is 26.7 Å². The third-order valence-corrected chi connectivity index (χ3v) is 2.99. The van der Waals surface area contributed by atoms with Gasteiger partial charge in [-0.25, -0.2) is 0 Å². The molecule has 0 heterocycles. The van der Waals surface area contributed by atoms with Crippen molar-refractivity contribution in [2.24, 2.45) is 0 Å². The monoisotopic (exact) mass is 207 g/mol. The first-order chi connectivity index (χ1) is 7.10. The van der Waals surface area contributed by atoms with Gasteiger partial charge in [0, 0.05) is 12.5 Å². The predicted octanol–water partition coefficient (Wildman–Crippen LogP) is 1.91. The quantitative estimate of drug-likeness (QED) is 0.790. The summed E-state index contributed by atoms with van der Waals surface area (Å²) < 4.78 is 0. The Morgan fingerprint density at radius 2 is 1.73 bits per heavy atom. The van der Waals surface area contributed by atoms with Crippen LogP contribution in [0.2, 0.25) is 0 Å². The molecular weight excluding hydrogens is 186 g/mol. The van der Waals surface area contributed by atoms with E-state index in [0.717, 1.165) is 6.54 Å². The Bertz CT molecular complexity index is 334. The average molecular weight is 207 g/mol. The second-order valence-electron chi connectivity index (χ2n) is 4.23. The van der Waals surface area contributed by atoms with Gasteiger partial charge in [-0.1, -0.05) is 12.1 Å². The van der Waals surface area contributed by atoms with Gasteiger partial charge in [-0.2, -0.15) is 0 Å². The Labute approximate surface area is 92.3 Å². The number of rotatable bonds is 4. The summed E-state index contributed by atoms with van der Waals surface area (Å²) >= 11 is 0. The first kappa shape index (κ1) is 12.2. The summed E-state index contributed by atoms with van der Waals surface area (Å²) in [6, 6.07) is 4.39. The standard InChI is InChI=1S/C13H21NO/c1-9-5-11(3)13(6-10(9)2)12(8-15)7-14-4/h5-6,12,14-15H,7-8H2,1-4H3. The maximum atomic E-state index is 9.36. The van der Waals surface area contributed by atoms with Gasteiger partial charge in [0.15, 0.2) is 0 Å². The van der Waals surface area contributed by atoms with Gasteiger partial charge in [-0.15, -0.1) is 0 Å². The van der Waals surface area contributed by atoms with Gasteiger partial charge < -0.3 is 10.4 Å². The Morgan fingerprint density at radius 3 is 2.27 bits per heavy atom. The SMILES string of the molecule is CNCC(CO)c1cc(C)c(C)cc1C. The molecule has 0 amide bonds. The molecule has 0 aromatic heterocycles. The van der Waals surface area contributed by atoms with Gasteiger partial charge in [-0.3, -0.25) is 0 Å². The van der Waals surface area contributed by atoms with E-state index in [9.17, 15) is 5.11 Å². The molecular formula is C13H21NO. The zero-order valence-corrected chi connectivity index (χ0v) is 10.1. The van der Waals surface area contributed by atoms with Crippen LogP contribution >= 0.6 is 0 Å². The van der Waals surface area contributed by atoms with Gasteiger partial charge in [0.2, 0.25) is 0 Å². The summed E-state index contributed by atoms with van der Waals surface area (Å²) in [5.74, 6) is 0.203. The number of hydrogen-bond acceptors (Lipinski definition) is 2. The Kier molecular flexibility index (Phi) is 4.30. The van der Waals surface area contributed by atoms with Gasteiger partial charge in [-0.05, 0) is 50.1 Å². The van der Waals surface area contributed by atoms with Crippen molar-refractivity contribution in [2.75, 3.05) is 20.2 Å². The van der Waals surface area contributed by atoms with E-state index in [1.165, 1.54) is 22.3 Å². The molecule has 0 aliphatic heterocycles. The normalized spacial score (nSPS) is 12.9. The van der Waals surface area contributed by atoms with Crippen LogP contribution in [0.3, 0.4) is 0 Å². The fourth-order valence-electron chi connectivity index (χ4n) is 1.94. The van der Waals surface area contributed by atoms with E-state index in [-0.39, 0.29) is 12.5 Å². The van der Waals surface area contributed by atoms with E-state index in [0.29, 0.717) is 0 Å². The molecule has 0 radical (unpaired) electrons. The van der Waals surface area contributed by atoms with Gasteiger partial charge in [0.1, 0.15) is 0 Å².